The van der Waals surface area contributed by atoms with Crippen molar-refractivity contribution in [1.82, 2.24) is 29.9 Å². The molecule has 6 rings (SSSR count). The number of ether oxygens (including phenoxy) is 6. The number of fused-ring (bicyclic) bond motifs is 2. The summed E-state index contributed by atoms with van der Waals surface area (Å²) in [4.78, 5) is 49.5. The zero-order valence-electron chi connectivity index (χ0n) is 26.1. The van der Waals surface area contributed by atoms with Crippen LogP contribution >= 0.6 is 23.5 Å². The lowest BCUT2D eigenvalue weighted by atomic mass is 10.3. The third-order valence-corrected chi connectivity index (χ3v) is 8.64. The van der Waals surface area contributed by atoms with Gasteiger partial charge in [0.25, 0.3) is 0 Å². The van der Waals surface area contributed by atoms with Gasteiger partial charge in [0, 0.05) is 48.2 Å². The summed E-state index contributed by atoms with van der Waals surface area (Å²) in [6.45, 7) is 0. The molecule has 6 aromatic rings. The highest BCUT2D eigenvalue weighted by atomic mass is 32.2. The second kappa shape index (κ2) is 14.5. The Balaban J connectivity index is 1.06. The molecule has 2 N–H and O–H groups in total. The fourth-order valence-corrected chi connectivity index (χ4v) is 6.32. The number of carbonyl (C=O) groups excluding carboxylic acids is 2. The molecule has 0 spiro atoms. The van der Waals surface area contributed by atoms with Crippen LogP contribution in [0, 0.1) is 0 Å². The predicted molar refractivity (Wildman–Crippen MR) is 177 cm³/mol. The molecule has 4 aromatic heterocycles. The molecule has 4 heterocycles. The maximum Gasteiger partial charge on any atom is 0.423 e. The zero-order chi connectivity index (χ0) is 33.6. The van der Waals surface area contributed by atoms with Crippen LogP contribution in [0.25, 0.3) is 22.1 Å². The number of aromatic amines is 2. The Hall–Kier alpha value is -5.48. The lowest BCUT2D eigenvalue weighted by molar-refractivity contribution is -0.156. The van der Waals surface area contributed by atoms with Crippen molar-refractivity contribution >= 4 is 57.5 Å². The second-order valence-electron chi connectivity index (χ2n) is 9.78. The molecule has 246 valence electrons. The number of hydrogen-bond acceptors (Lipinski definition) is 14. The number of aromatic nitrogens is 6. The molecule has 0 unspecified atom stereocenters. The molecule has 48 heavy (non-hydrogen) atoms. The molecule has 0 aliphatic carbocycles. The fraction of sp³-hybridized carbons (Fsp3) is 0.188. The first-order chi connectivity index (χ1) is 23.4. The smallest absolute Gasteiger partial charge is 0.423 e. The number of rotatable bonds is 12. The number of H-pyrrole nitrogens is 2. The van der Waals surface area contributed by atoms with E-state index in [1.807, 2.05) is 0 Å². The van der Waals surface area contributed by atoms with Crippen LogP contribution < -0.4 is 28.4 Å². The van der Waals surface area contributed by atoms with Crippen molar-refractivity contribution in [3.05, 3.63) is 72.3 Å². The third kappa shape index (κ3) is 7.08. The number of nitrogens with one attached hydrogen (secondary N) is 2. The summed E-state index contributed by atoms with van der Waals surface area (Å²) < 4.78 is 32.2. The average molecular weight is 689 g/mol. The molecule has 0 aliphatic rings. The summed E-state index contributed by atoms with van der Waals surface area (Å²) in [6, 6.07) is 13.0. The molecule has 0 bridgehead atoms. The number of pyridine rings is 2. The van der Waals surface area contributed by atoms with Crippen LogP contribution in [0.5, 0.6) is 34.5 Å². The van der Waals surface area contributed by atoms with Crippen LogP contribution in [0.15, 0.2) is 71.2 Å². The molecule has 2 aromatic carbocycles. The number of thioether (sulfide) groups is 2. The van der Waals surface area contributed by atoms with Gasteiger partial charge in [0.05, 0.1) is 61.9 Å². The van der Waals surface area contributed by atoms with Gasteiger partial charge in [-0.25, -0.2) is 19.6 Å². The maximum atomic E-state index is 12.6. The summed E-state index contributed by atoms with van der Waals surface area (Å²) >= 11 is 2.83. The minimum atomic E-state index is -1.18. The van der Waals surface area contributed by atoms with Crippen LogP contribution in [0.2, 0.25) is 0 Å². The van der Waals surface area contributed by atoms with Gasteiger partial charge in [-0.2, -0.15) is 0 Å². The van der Waals surface area contributed by atoms with Crippen LogP contribution in [-0.4, -0.2) is 70.3 Å². The molecule has 0 radical (unpaired) electrons. The standard InChI is InChI=1S/C32H28N6O8S2/c1-41-25-9-11-33-23(27(25)43-3)15-47-31-35-19-7-5-17(13-21(19)37-31)45-29(39)30(40)46-18-6-8-20-22(14-18)38-32(36-20)48-16-24-28(44-4)26(42-2)10-12-34-24/h5-14H,15-16H2,1-4H3,(H,35,37)(H,36,38). The highest BCUT2D eigenvalue weighted by Gasteiger charge is 2.21. The van der Waals surface area contributed by atoms with E-state index in [-0.39, 0.29) is 11.5 Å². The Labute approximate surface area is 281 Å². The highest BCUT2D eigenvalue weighted by Crippen LogP contribution is 2.35. The van der Waals surface area contributed by atoms with E-state index >= 15 is 0 Å². The van der Waals surface area contributed by atoms with Gasteiger partial charge in [0.2, 0.25) is 0 Å². The lowest BCUT2D eigenvalue weighted by Crippen LogP contribution is -2.25. The SMILES string of the molecule is COc1ccnc(CSc2nc3ccc(OC(=O)C(=O)Oc4ccc5nc(SCc6nccc(OC)c6OC)[nH]c5c4)cc3[nH]2)c1OC. The summed E-state index contributed by atoms with van der Waals surface area (Å²) in [5, 5.41) is 1.24. The van der Waals surface area contributed by atoms with Gasteiger partial charge >= 0.3 is 11.9 Å². The lowest BCUT2D eigenvalue weighted by Gasteiger charge is -2.10. The van der Waals surface area contributed by atoms with Crippen molar-refractivity contribution in [2.24, 2.45) is 0 Å². The number of benzene rings is 2. The Kier molecular flexibility index (Phi) is 9.82. The molecule has 0 fully saturated rings. The molecule has 0 saturated heterocycles. The monoisotopic (exact) mass is 688 g/mol. The molecule has 0 aliphatic heterocycles. The van der Waals surface area contributed by atoms with Crippen molar-refractivity contribution in [3.8, 4) is 34.5 Å². The molecular formula is C32H28N6O8S2. The normalized spacial score (nSPS) is 11.0. The van der Waals surface area contributed by atoms with Crippen molar-refractivity contribution in [3.63, 3.8) is 0 Å². The van der Waals surface area contributed by atoms with E-state index < -0.39 is 11.9 Å². The number of imidazole rings is 2. The molecule has 0 atom stereocenters. The van der Waals surface area contributed by atoms with Crippen LogP contribution in [0.3, 0.4) is 0 Å². The number of hydrogen-bond donors (Lipinski definition) is 2. The van der Waals surface area contributed by atoms with Crippen LogP contribution in [-0.2, 0) is 21.1 Å². The summed E-state index contributed by atoms with van der Waals surface area (Å²) in [5.41, 5.74) is 3.92. The predicted octanol–water partition coefficient (Wildman–Crippen LogP) is 5.36. The Bertz CT molecular complexity index is 1970. The van der Waals surface area contributed by atoms with Gasteiger partial charge in [0.15, 0.2) is 33.3 Å². The maximum absolute atomic E-state index is 12.6. The molecule has 14 nitrogen and oxygen atoms in total. The summed E-state index contributed by atoms with van der Waals surface area (Å²) in [7, 11) is 6.25. The van der Waals surface area contributed by atoms with E-state index in [9.17, 15) is 9.59 Å². The van der Waals surface area contributed by atoms with E-state index in [1.54, 1.807) is 89.4 Å². The van der Waals surface area contributed by atoms with Gasteiger partial charge in [-0.1, -0.05) is 23.5 Å². The van der Waals surface area contributed by atoms with E-state index in [0.29, 0.717) is 78.3 Å². The minimum Gasteiger partial charge on any atom is -0.493 e. The summed E-state index contributed by atoms with van der Waals surface area (Å²) in [5.74, 6) is 1.15. The Morgan fingerprint density at radius 1 is 0.625 bits per heavy atom. The molecular weight excluding hydrogens is 661 g/mol. The van der Waals surface area contributed by atoms with Gasteiger partial charge in [-0.05, 0) is 24.3 Å². The molecule has 0 amide bonds. The van der Waals surface area contributed by atoms with Crippen molar-refractivity contribution in [2.45, 2.75) is 21.8 Å². The largest absolute Gasteiger partial charge is 0.493 e. The van der Waals surface area contributed by atoms with Crippen molar-refractivity contribution in [2.75, 3.05) is 28.4 Å². The first-order valence-corrected chi connectivity index (χ1v) is 16.2. The average Bonchev–Trinajstić information content (AvgIpc) is 3.72. The zero-order valence-corrected chi connectivity index (χ0v) is 27.7. The second-order valence-corrected chi connectivity index (χ2v) is 11.7. The molecule has 16 heteroatoms. The topological polar surface area (TPSA) is 173 Å². The Morgan fingerprint density at radius 3 is 1.46 bits per heavy atom. The van der Waals surface area contributed by atoms with Gasteiger partial charge in [-0.3, -0.25) is 9.97 Å². The first-order valence-electron chi connectivity index (χ1n) is 14.2. The minimum absolute atomic E-state index is 0.147. The van der Waals surface area contributed by atoms with Crippen LogP contribution in [0.1, 0.15) is 11.4 Å². The van der Waals surface area contributed by atoms with Gasteiger partial charge < -0.3 is 38.4 Å². The fourth-order valence-electron chi connectivity index (χ4n) is 4.67. The first kappa shape index (κ1) is 32.5. The van der Waals surface area contributed by atoms with Gasteiger partial charge in [0.1, 0.15) is 11.5 Å². The highest BCUT2D eigenvalue weighted by molar-refractivity contribution is 7.98. The van der Waals surface area contributed by atoms with E-state index in [1.165, 1.54) is 23.5 Å². The number of esters is 2. The third-order valence-electron chi connectivity index (χ3n) is 6.87. The molecule has 0 saturated carbocycles. The number of methoxy groups -OCH3 is 4. The Morgan fingerprint density at radius 2 is 1.06 bits per heavy atom. The van der Waals surface area contributed by atoms with Crippen molar-refractivity contribution < 1.29 is 38.0 Å². The van der Waals surface area contributed by atoms with Crippen molar-refractivity contribution in [1.29, 1.82) is 0 Å². The van der Waals surface area contributed by atoms with Gasteiger partial charge in [-0.15, -0.1) is 0 Å². The van der Waals surface area contributed by atoms with Crippen LogP contribution in [0.4, 0.5) is 0 Å². The van der Waals surface area contributed by atoms with E-state index in [4.69, 9.17) is 28.4 Å². The van der Waals surface area contributed by atoms with E-state index in [2.05, 4.69) is 29.9 Å². The number of carbonyl (C=O) groups is 2. The quantitative estimate of drug-likeness (QED) is 0.0728. The summed E-state index contributed by atoms with van der Waals surface area (Å²) in [6.07, 6.45) is 3.29. The van der Waals surface area contributed by atoms with E-state index in [0.717, 1.165) is 0 Å². The number of nitrogens with zero attached hydrogens (tertiary/aromatic N) is 4.